The van der Waals surface area contributed by atoms with Gasteiger partial charge in [-0.15, -0.1) is 0 Å². The summed E-state index contributed by atoms with van der Waals surface area (Å²) in [6.07, 6.45) is 0.701. The summed E-state index contributed by atoms with van der Waals surface area (Å²) < 4.78 is 38.6. The van der Waals surface area contributed by atoms with Crippen LogP contribution in [-0.4, -0.2) is 19.7 Å². The second-order valence-corrected chi connectivity index (χ2v) is 5.08. The smallest absolute Gasteiger partial charge is 0.295 e. The Morgan fingerprint density at radius 2 is 2.10 bits per heavy atom. The minimum Gasteiger partial charge on any atom is -0.295 e. The van der Waals surface area contributed by atoms with E-state index in [1.165, 1.54) is 12.4 Å². The first-order valence-electron chi connectivity index (χ1n) is 5.71. The maximum atomic E-state index is 12.6. The van der Waals surface area contributed by atoms with Crippen LogP contribution in [0.5, 0.6) is 0 Å². The van der Waals surface area contributed by atoms with Crippen molar-refractivity contribution in [1.82, 2.24) is 19.7 Å². The van der Waals surface area contributed by atoms with Crippen LogP contribution in [0.3, 0.4) is 0 Å². The summed E-state index contributed by atoms with van der Waals surface area (Å²) in [5.41, 5.74) is 0.406. The molecule has 0 unspecified atom stereocenters. The lowest BCUT2D eigenvalue weighted by atomic mass is 10.2. The first-order valence-corrected chi connectivity index (χ1v) is 6.52. The van der Waals surface area contributed by atoms with E-state index in [4.69, 9.17) is 0 Å². The molecule has 0 saturated carbocycles. The molecular formula is C12H7F3N4OS. The van der Waals surface area contributed by atoms with E-state index in [1.54, 1.807) is 18.3 Å². The SMILES string of the molecule is O=c1c(-c2cccnc2)c[nH]n1-c1ncc(C(F)(F)F)s1. The molecule has 3 aromatic rings. The lowest BCUT2D eigenvalue weighted by molar-refractivity contribution is -0.134. The van der Waals surface area contributed by atoms with Crippen LogP contribution < -0.4 is 5.56 Å². The molecule has 0 spiro atoms. The summed E-state index contributed by atoms with van der Waals surface area (Å²) in [7, 11) is 0. The van der Waals surface area contributed by atoms with Crippen LogP contribution in [0.4, 0.5) is 13.2 Å². The third-order valence-corrected chi connectivity index (χ3v) is 3.74. The molecule has 9 heteroatoms. The number of hydrogen-bond acceptors (Lipinski definition) is 4. The highest BCUT2D eigenvalue weighted by atomic mass is 32.1. The maximum Gasteiger partial charge on any atom is 0.427 e. The Kier molecular flexibility index (Phi) is 3.13. The third-order valence-electron chi connectivity index (χ3n) is 2.71. The molecule has 0 amide bonds. The van der Waals surface area contributed by atoms with Gasteiger partial charge in [-0.05, 0) is 6.07 Å². The Morgan fingerprint density at radius 1 is 1.29 bits per heavy atom. The fraction of sp³-hybridized carbons (Fsp3) is 0.0833. The molecule has 0 aliphatic heterocycles. The van der Waals surface area contributed by atoms with Crippen molar-refractivity contribution in [3.63, 3.8) is 0 Å². The predicted molar refractivity (Wildman–Crippen MR) is 70.3 cm³/mol. The number of nitrogens with one attached hydrogen (secondary N) is 1. The highest BCUT2D eigenvalue weighted by molar-refractivity contribution is 7.14. The number of rotatable bonds is 2. The third kappa shape index (κ3) is 2.47. The second-order valence-electron chi connectivity index (χ2n) is 4.07. The van der Waals surface area contributed by atoms with Crippen molar-refractivity contribution in [3.05, 3.63) is 52.2 Å². The van der Waals surface area contributed by atoms with Gasteiger partial charge in [0, 0.05) is 24.2 Å². The summed E-state index contributed by atoms with van der Waals surface area (Å²) in [6.45, 7) is 0. The molecule has 0 saturated heterocycles. The molecule has 0 aromatic carbocycles. The van der Waals surface area contributed by atoms with Crippen molar-refractivity contribution in [2.75, 3.05) is 0 Å². The van der Waals surface area contributed by atoms with Crippen LogP contribution in [0.25, 0.3) is 16.3 Å². The van der Waals surface area contributed by atoms with E-state index in [1.807, 2.05) is 0 Å². The number of aromatic nitrogens is 4. The van der Waals surface area contributed by atoms with Crippen LogP contribution in [-0.2, 0) is 6.18 Å². The van der Waals surface area contributed by atoms with E-state index in [2.05, 4.69) is 15.1 Å². The Labute approximate surface area is 119 Å². The van der Waals surface area contributed by atoms with Crippen molar-refractivity contribution in [1.29, 1.82) is 0 Å². The molecular weight excluding hydrogens is 305 g/mol. The largest absolute Gasteiger partial charge is 0.427 e. The summed E-state index contributed by atoms with van der Waals surface area (Å²) >= 11 is 0.396. The number of aromatic amines is 1. The fourth-order valence-electron chi connectivity index (χ4n) is 1.74. The fourth-order valence-corrected chi connectivity index (χ4v) is 2.49. The van der Waals surface area contributed by atoms with Gasteiger partial charge in [0.2, 0.25) is 5.13 Å². The van der Waals surface area contributed by atoms with Crippen molar-refractivity contribution in [2.24, 2.45) is 0 Å². The van der Waals surface area contributed by atoms with Gasteiger partial charge in [0.25, 0.3) is 5.56 Å². The van der Waals surface area contributed by atoms with E-state index < -0.39 is 16.6 Å². The zero-order chi connectivity index (χ0) is 15.0. The van der Waals surface area contributed by atoms with Crippen LogP contribution in [0, 0.1) is 0 Å². The van der Waals surface area contributed by atoms with Crippen molar-refractivity contribution >= 4 is 11.3 Å². The summed E-state index contributed by atoms with van der Waals surface area (Å²) in [4.78, 5) is 18.9. The zero-order valence-corrected chi connectivity index (χ0v) is 11.1. The molecule has 0 aliphatic carbocycles. The van der Waals surface area contributed by atoms with Gasteiger partial charge in [-0.25, -0.2) is 4.98 Å². The average Bonchev–Trinajstić information content (AvgIpc) is 3.05. The van der Waals surface area contributed by atoms with Crippen LogP contribution in [0.2, 0.25) is 0 Å². The van der Waals surface area contributed by atoms with Gasteiger partial charge >= 0.3 is 6.18 Å². The van der Waals surface area contributed by atoms with Crippen LogP contribution >= 0.6 is 11.3 Å². The first kappa shape index (κ1) is 13.6. The second kappa shape index (κ2) is 4.85. The van der Waals surface area contributed by atoms with Crippen molar-refractivity contribution < 1.29 is 13.2 Å². The lowest BCUT2D eigenvalue weighted by Gasteiger charge is -1.99. The Bertz CT molecular complexity index is 819. The van der Waals surface area contributed by atoms with E-state index in [0.29, 0.717) is 28.7 Å². The van der Waals surface area contributed by atoms with Gasteiger partial charge in [-0.1, -0.05) is 17.4 Å². The zero-order valence-electron chi connectivity index (χ0n) is 10.3. The molecule has 0 radical (unpaired) electrons. The van der Waals surface area contributed by atoms with Gasteiger partial charge in [0.15, 0.2) is 0 Å². The number of halogens is 3. The van der Waals surface area contributed by atoms with E-state index in [9.17, 15) is 18.0 Å². The Morgan fingerprint density at radius 3 is 2.71 bits per heavy atom. The summed E-state index contributed by atoms with van der Waals surface area (Å²) in [6, 6.07) is 3.35. The highest BCUT2D eigenvalue weighted by Gasteiger charge is 2.33. The Hall–Kier alpha value is -2.42. The van der Waals surface area contributed by atoms with Gasteiger partial charge in [-0.3, -0.25) is 14.9 Å². The molecule has 3 heterocycles. The molecule has 3 rings (SSSR count). The van der Waals surface area contributed by atoms with Crippen LogP contribution in [0.1, 0.15) is 4.88 Å². The molecule has 108 valence electrons. The number of H-pyrrole nitrogens is 1. The minimum atomic E-state index is -4.47. The highest BCUT2D eigenvalue weighted by Crippen LogP contribution is 2.34. The molecule has 5 nitrogen and oxygen atoms in total. The number of thiazole rings is 1. The van der Waals surface area contributed by atoms with E-state index in [-0.39, 0.29) is 5.13 Å². The quantitative estimate of drug-likeness (QED) is 0.791. The number of hydrogen-bond donors (Lipinski definition) is 1. The van der Waals surface area contributed by atoms with Crippen molar-refractivity contribution in [3.8, 4) is 16.3 Å². The normalized spacial score (nSPS) is 11.8. The van der Waals surface area contributed by atoms with Gasteiger partial charge in [0.1, 0.15) is 4.88 Å². The molecule has 21 heavy (non-hydrogen) atoms. The molecule has 0 aliphatic rings. The van der Waals surface area contributed by atoms with Gasteiger partial charge in [-0.2, -0.15) is 17.9 Å². The first-order chi connectivity index (χ1) is 9.97. The molecule has 0 bridgehead atoms. The van der Waals surface area contributed by atoms with E-state index >= 15 is 0 Å². The lowest BCUT2D eigenvalue weighted by Crippen LogP contribution is -2.15. The van der Waals surface area contributed by atoms with E-state index in [0.717, 1.165) is 4.68 Å². The topological polar surface area (TPSA) is 63.6 Å². The molecule has 3 aromatic heterocycles. The Balaban J connectivity index is 2.04. The van der Waals surface area contributed by atoms with Gasteiger partial charge in [0.05, 0.1) is 11.8 Å². The molecule has 0 fully saturated rings. The average molecular weight is 312 g/mol. The van der Waals surface area contributed by atoms with Crippen molar-refractivity contribution in [2.45, 2.75) is 6.18 Å². The minimum absolute atomic E-state index is 0.0672. The summed E-state index contributed by atoms with van der Waals surface area (Å²) in [5.74, 6) is 0. The monoisotopic (exact) mass is 312 g/mol. The predicted octanol–water partition coefficient (Wildman–Crippen LogP) is 2.70. The number of pyridine rings is 1. The number of alkyl halides is 3. The van der Waals surface area contributed by atoms with Gasteiger partial charge < -0.3 is 0 Å². The molecule has 0 atom stereocenters. The summed E-state index contributed by atoms with van der Waals surface area (Å²) in [5, 5.41) is 2.54. The maximum absolute atomic E-state index is 12.6. The van der Waals surface area contributed by atoms with Crippen LogP contribution in [0.15, 0.2) is 41.7 Å². The standard InChI is InChI=1S/C12H7F3N4OS/c13-12(14,15)9-6-17-11(21-9)19-10(20)8(5-18-19)7-2-1-3-16-4-7/h1-6,18H. The number of nitrogens with zero attached hydrogens (tertiary/aromatic N) is 3. The molecule has 1 N–H and O–H groups in total.